The number of halogens is 3. The monoisotopic (exact) mass is 592 g/mol. The maximum atomic E-state index is 14.2. The number of hydrogen-bond acceptors (Lipinski definition) is 4. The molecular weight excluding hydrogens is 565 g/mol. The Kier molecular flexibility index (Phi) is 8.01. The number of hydrogen-bond donors (Lipinski definition) is 3. The van der Waals surface area contributed by atoms with Crippen molar-refractivity contribution < 1.29 is 22.7 Å². The second-order valence-corrected chi connectivity index (χ2v) is 10.4. The number of fused-ring (bicyclic) bond motifs is 1. The Balaban J connectivity index is 1.33. The van der Waals surface area contributed by atoms with E-state index in [2.05, 4.69) is 15.3 Å². The van der Waals surface area contributed by atoms with Crippen LogP contribution in [0.1, 0.15) is 22.9 Å². The number of ether oxygens (including phenoxy) is 1. The Morgan fingerprint density at radius 3 is 2.32 bits per heavy atom. The van der Waals surface area contributed by atoms with Gasteiger partial charge in [0.05, 0.1) is 18.2 Å². The largest absolute Gasteiger partial charge is 0.457 e. The van der Waals surface area contributed by atoms with Crippen LogP contribution >= 0.6 is 0 Å². The number of para-hydroxylation sites is 1. The number of aromatic nitrogens is 2. The third-order valence-corrected chi connectivity index (χ3v) is 7.20. The number of nitrogens with one attached hydrogen (secondary N) is 2. The van der Waals surface area contributed by atoms with Gasteiger partial charge in [-0.1, -0.05) is 30.3 Å². The summed E-state index contributed by atoms with van der Waals surface area (Å²) in [7, 11) is 0. The fourth-order valence-electron chi connectivity index (χ4n) is 5.22. The lowest BCUT2D eigenvalue weighted by Crippen LogP contribution is -2.32. The van der Waals surface area contributed by atoms with Gasteiger partial charge in [0, 0.05) is 28.7 Å². The van der Waals surface area contributed by atoms with Crippen LogP contribution in [0.4, 0.5) is 19.0 Å². The molecule has 220 valence electrons. The van der Waals surface area contributed by atoms with E-state index in [0.29, 0.717) is 44.8 Å². The molecule has 2 heterocycles. The number of H-pyrrole nitrogens is 1. The summed E-state index contributed by atoms with van der Waals surface area (Å²) < 4.78 is 48.2. The van der Waals surface area contributed by atoms with Gasteiger partial charge in [-0.3, -0.25) is 4.79 Å². The molecule has 6 aromatic rings. The number of anilines is 1. The molecule has 0 aliphatic carbocycles. The number of amides is 1. The highest BCUT2D eigenvalue weighted by Crippen LogP contribution is 2.32. The molecule has 0 fully saturated rings. The van der Waals surface area contributed by atoms with Crippen LogP contribution in [0.3, 0.4) is 0 Å². The van der Waals surface area contributed by atoms with Crippen molar-refractivity contribution >= 4 is 22.6 Å². The number of carbonyl (C=O) groups excluding carboxylic acids is 1. The average Bonchev–Trinajstić information content (AvgIpc) is 3.38. The number of pyridine rings is 1. The quantitative estimate of drug-likeness (QED) is 0.161. The van der Waals surface area contributed by atoms with Gasteiger partial charge in [-0.05, 0) is 89.8 Å². The van der Waals surface area contributed by atoms with Gasteiger partial charge in [0.1, 0.15) is 34.8 Å². The molecule has 0 saturated heterocycles. The van der Waals surface area contributed by atoms with Crippen LogP contribution in [0.25, 0.3) is 22.0 Å². The molecule has 44 heavy (non-hydrogen) atoms. The van der Waals surface area contributed by atoms with E-state index in [1.165, 1.54) is 24.3 Å². The summed E-state index contributed by atoms with van der Waals surface area (Å²) in [5.41, 5.74) is 9.58. The topological polar surface area (TPSA) is 93.0 Å². The Morgan fingerprint density at radius 2 is 1.57 bits per heavy atom. The van der Waals surface area contributed by atoms with Gasteiger partial charge >= 0.3 is 0 Å². The van der Waals surface area contributed by atoms with Crippen LogP contribution in [0.15, 0.2) is 109 Å². The molecule has 9 heteroatoms. The van der Waals surface area contributed by atoms with Crippen LogP contribution in [0.5, 0.6) is 11.5 Å². The third kappa shape index (κ3) is 6.57. The van der Waals surface area contributed by atoms with Gasteiger partial charge in [-0.2, -0.15) is 0 Å². The van der Waals surface area contributed by atoms with E-state index in [-0.39, 0.29) is 24.6 Å². The molecule has 6 nitrogen and oxygen atoms in total. The Bertz CT molecular complexity index is 1920. The first-order chi connectivity index (χ1) is 21.3. The van der Waals surface area contributed by atoms with Crippen molar-refractivity contribution in [2.75, 3.05) is 5.73 Å². The van der Waals surface area contributed by atoms with Crippen molar-refractivity contribution in [1.82, 2.24) is 15.3 Å². The van der Waals surface area contributed by atoms with E-state index in [1.807, 2.05) is 54.6 Å². The second kappa shape index (κ2) is 12.3. The van der Waals surface area contributed by atoms with Crippen molar-refractivity contribution in [3.63, 3.8) is 0 Å². The SMILES string of the molecule is Nc1ccc(-c2ccc(Oc3ccccc3)cc2)c(C(Cc2cc(F)cc(F)c2)NC(=O)Cc2c[nH]c3ccc(F)cc23)n1. The average molecular weight is 593 g/mol. The lowest BCUT2D eigenvalue weighted by Gasteiger charge is -2.22. The minimum atomic E-state index is -0.815. The maximum Gasteiger partial charge on any atom is 0.225 e. The zero-order valence-corrected chi connectivity index (χ0v) is 23.4. The summed E-state index contributed by atoms with van der Waals surface area (Å²) in [5, 5.41) is 3.57. The van der Waals surface area contributed by atoms with Gasteiger partial charge in [-0.25, -0.2) is 18.2 Å². The highest BCUT2D eigenvalue weighted by Gasteiger charge is 2.23. The molecule has 0 saturated carbocycles. The second-order valence-electron chi connectivity index (χ2n) is 10.4. The molecule has 0 aliphatic heterocycles. The molecule has 4 aromatic carbocycles. The lowest BCUT2D eigenvalue weighted by molar-refractivity contribution is -0.121. The van der Waals surface area contributed by atoms with Crippen LogP contribution in [0, 0.1) is 17.5 Å². The normalized spacial score (nSPS) is 11.8. The standard InChI is InChI=1S/C35H27F3N4O2/c36-24-8-12-31-30(19-24)23(20-40-31)17-34(43)41-32(16-21-14-25(37)18-26(38)15-21)35-29(11-13-33(39)42-35)22-6-9-28(10-7-22)44-27-4-2-1-3-5-27/h1-15,18-20,32,40H,16-17H2,(H2,39,42)(H,41,43). The summed E-state index contributed by atoms with van der Waals surface area (Å²) >= 11 is 0. The van der Waals surface area contributed by atoms with Crippen molar-refractivity contribution in [2.24, 2.45) is 0 Å². The van der Waals surface area contributed by atoms with Crippen molar-refractivity contribution in [3.05, 3.63) is 144 Å². The van der Waals surface area contributed by atoms with Crippen molar-refractivity contribution in [3.8, 4) is 22.6 Å². The van der Waals surface area contributed by atoms with Gasteiger partial charge < -0.3 is 20.8 Å². The van der Waals surface area contributed by atoms with Crippen LogP contribution < -0.4 is 15.8 Å². The summed E-state index contributed by atoms with van der Waals surface area (Å²) in [5.74, 6) is -0.749. The minimum absolute atomic E-state index is 0.0294. The van der Waals surface area contributed by atoms with Gasteiger partial charge in [0.2, 0.25) is 5.91 Å². The van der Waals surface area contributed by atoms with E-state index < -0.39 is 23.5 Å². The first-order valence-corrected chi connectivity index (χ1v) is 13.9. The zero-order chi connectivity index (χ0) is 30.6. The minimum Gasteiger partial charge on any atom is -0.457 e. The number of benzene rings is 4. The van der Waals surface area contributed by atoms with E-state index in [1.54, 1.807) is 24.4 Å². The predicted octanol–water partition coefficient (Wildman–Crippen LogP) is 7.66. The van der Waals surface area contributed by atoms with Gasteiger partial charge in [-0.15, -0.1) is 0 Å². The van der Waals surface area contributed by atoms with Gasteiger partial charge in [0.15, 0.2) is 0 Å². The predicted molar refractivity (Wildman–Crippen MR) is 164 cm³/mol. The van der Waals surface area contributed by atoms with Crippen LogP contribution in [-0.4, -0.2) is 15.9 Å². The smallest absolute Gasteiger partial charge is 0.225 e. The first kappa shape index (κ1) is 28.5. The first-order valence-electron chi connectivity index (χ1n) is 13.9. The summed E-state index contributed by atoms with van der Waals surface area (Å²) in [4.78, 5) is 21.1. The number of nitrogens with zero attached hydrogens (tertiary/aromatic N) is 1. The Hall–Kier alpha value is -5.57. The molecule has 0 bridgehead atoms. The molecule has 1 amide bonds. The number of carbonyl (C=O) groups is 1. The summed E-state index contributed by atoms with van der Waals surface area (Å²) in [6.07, 6.45) is 1.62. The van der Waals surface area contributed by atoms with Gasteiger partial charge in [0.25, 0.3) is 0 Å². The Labute approximate surface area is 251 Å². The maximum absolute atomic E-state index is 14.2. The van der Waals surface area contributed by atoms with E-state index in [0.717, 1.165) is 11.6 Å². The highest BCUT2D eigenvalue weighted by atomic mass is 19.1. The Morgan fingerprint density at radius 1 is 0.841 bits per heavy atom. The van der Waals surface area contributed by atoms with Crippen LogP contribution in [0.2, 0.25) is 0 Å². The fourth-order valence-corrected chi connectivity index (χ4v) is 5.22. The molecule has 4 N–H and O–H groups in total. The van der Waals surface area contributed by atoms with E-state index in [4.69, 9.17) is 10.5 Å². The molecular formula is C35H27F3N4O2. The number of nitrogens with two attached hydrogens (primary N) is 1. The molecule has 1 unspecified atom stereocenters. The molecule has 0 aliphatic rings. The number of aromatic amines is 1. The summed E-state index contributed by atoms with van der Waals surface area (Å²) in [6, 6.07) is 26.9. The number of nitrogen functional groups attached to an aromatic ring is 1. The molecule has 6 rings (SSSR count). The fraction of sp³-hybridized carbons (Fsp3) is 0.0857. The van der Waals surface area contributed by atoms with Crippen molar-refractivity contribution in [2.45, 2.75) is 18.9 Å². The highest BCUT2D eigenvalue weighted by molar-refractivity contribution is 5.89. The number of rotatable bonds is 9. The molecule has 0 spiro atoms. The molecule has 2 aromatic heterocycles. The lowest BCUT2D eigenvalue weighted by atomic mass is 9.95. The van der Waals surface area contributed by atoms with Crippen molar-refractivity contribution in [1.29, 1.82) is 0 Å². The van der Waals surface area contributed by atoms with E-state index >= 15 is 0 Å². The summed E-state index contributed by atoms with van der Waals surface area (Å²) in [6.45, 7) is 0. The molecule has 1 atom stereocenters. The van der Waals surface area contributed by atoms with E-state index in [9.17, 15) is 18.0 Å². The molecule has 0 radical (unpaired) electrons. The zero-order valence-electron chi connectivity index (χ0n) is 23.4. The van der Waals surface area contributed by atoms with Crippen LogP contribution in [-0.2, 0) is 17.6 Å². The third-order valence-electron chi connectivity index (χ3n) is 7.20.